The van der Waals surface area contributed by atoms with Crippen LogP contribution in [0.5, 0.6) is 0 Å². The number of rotatable bonds is 0. The number of halogens is 4. The molecule has 0 aromatic heterocycles. The Morgan fingerprint density at radius 3 is 1.11 bits per heavy atom. The van der Waals surface area contributed by atoms with Crippen molar-refractivity contribution < 1.29 is 0 Å². The van der Waals surface area contributed by atoms with Crippen molar-refractivity contribution in [2.24, 2.45) is 0 Å². The summed E-state index contributed by atoms with van der Waals surface area (Å²) in [5, 5.41) is 16.3. The molecule has 0 aliphatic rings. The summed E-state index contributed by atoms with van der Waals surface area (Å²) in [6.45, 7) is 0. The predicted molar refractivity (Wildman–Crippen MR) is 41.6 cm³/mol. The van der Waals surface area contributed by atoms with Crippen molar-refractivity contribution in [3.63, 3.8) is 0 Å². The predicted octanol–water partition coefficient (Wildman–Crippen LogP) is 3.65. The van der Waals surface area contributed by atoms with Gasteiger partial charge in [0.15, 0.2) is 0 Å². The molecule has 0 aromatic rings. The molecule has 0 saturated heterocycles. The van der Waals surface area contributed by atoms with Gasteiger partial charge in [0.05, 0.1) is 0 Å². The topological polar surface area (TPSA) is 47.6 Å². The van der Waals surface area contributed by atoms with Gasteiger partial charge in [-0.1, -0.05) is 0 Å². The van der Waals surface area contributed by atoms with Crippen molar-refractivity contribution in [1.29, 1.82) is 10.5 Å². The summed E-state index contributed by atoms with van der Waals surface area (Å²) in [7, 11) is 0. The summed E-state index contributed by atoms with van der Waals surface area (Å²) in [4.78, 5) is 0. The zero-order valence-corrected chi connectivity index (χ0v) is 7.77. The fourth-order valence-electron chi connectivity index (χ4n) is 0.0224. The zero-order chi connectivity index (χ0) is 7.82. The molecular weight excluding hydrogens is 225 g/mol. The van der Waals surface area contributed by atoms with E-state index in [1.807, 2.05) is 0 Å². The van der Waals surface area contributed by atoms with Crippen LogP contribution in [-0.4, -0.2) is 0 Å². The third-order valence-corrected chi connectivity index (χ3v) is 3.02. The second-order valence-corrected chi connectivity index (χ2v) is 17.4. The summed E-state index contributed by atoms with van der Waals surface area (Å²) in [6.07, 6.45) is 0. The molecule has 0 spiro atoms. The van der Waals surface area contributed by atoms with Gasteiger partial charge in [-0.05, 0) is 0 Å². The Morgan fingerprint density at radius 2 is 1.11 bits per heavy atom. The maximum atomic E-state index is 8.17. The monoisotopic (exact) mass is 223 g/mol. The van der Waals surface area contributed by atoms with Gasteiger partial charge in [0.25, 0.3) is 0 Å². The molecule has 0 rings (SSSR count). The molecule has 0 heterocycles. The van der Waals surface area contributed by atoms with Gasteiger partial charge >= 0.3 is 70.5 Å². The average molecular weight is 225 g/mol. The maximum absolute atomic E-state index is 8.17. The molecule has 7 heteroatoms. The average Bonchev–Trinajstić information content (AvgIpc) is 1.67. The number of hydrogen-bond donors (Lipinski definition) is 0. The van der Waals surface area contributed by atoms with Crippen molar-refractivity contribution >= 4 is 48.3 Å². The molecule has 0 saturated carbocycles. The summed E-state index contributed by atoms with van der Waals surface area (Å²) in [5.41, 5.74) is 0. The SMILES string of the molecule is N#C[P-](Cl)(Cl)(Cl)(Cl)C#N. The first-order valence-corrected chi connectivity index (χ1v) is 7.87. The Bertz CT molecular complexity index is 203. The van der Waals surface area contributed by atoms with Crippen LogP contribution in [0.25, 0.3) is 0 Å². The van der Waals surface area contributed by atoms with E-state index in [4.69, 9.17) is 55.5 Å². The molecule has 0 aliphatic heterocycles. The molecule has 0 N–H and O–H groups in total. The van der Waals surface area contributed by atoms with Crippen molar-refractivity contribution in [3.05, 3.63) is 0 Å². The van der Waals surface area contributed by atoms with Crippen LogP contribution in [0.4, 0.5) is 0 Å². The van der Waals surface area contributed by atoms with Crippen molar-refractivity contribution in [2.45, 2.75) is 0 Å². The first-order valence-electron chi connectivity index (χ1n) is 1.57. The second-order valence-electron chi connectivity index (χ2n) is 1.37. The van der Waals surface area contributed by atoms with Crippen molar-refractivity contribution in [2.75, 3.05) is 0 Å². The van der Waals surface area contributed by atoms with Gasteiger partial charge in [-0.2, -0.15) is 0 Å². The number of nitrogens with zero attached hydrogens (tertiary/aromatic N) is 2. The third-order valence-electron chi connectivity index (χ3n) is 0.402. The van der Waals surface area contributed by atoms with E-state index in [1.54, 1.807) is 0 Å². The number of nitriles is 2. The molecule has 0 aromatic carbocycles. The number of hydrogen-bond acceptors (Lipinski definition) is 2. The quantitative estimate of drug-likeness (QED) is 0.590. The molecular formula is C2Cl4N2P-. The van der Waals surface area contributed by atoms with Gasteiger partial charge in [-0.15, -0.1) is 0 Å². The first kappa shape index (κ1) is 9.57. The molecule has 0 radical (unpaired) electrons. The minimum absolute atomic E-state index is 1.18. The van der Waals surface area contributed by atoms with Gasteiger partial charge in [-0.3, -0.25) is 0 Å². The minimum atomic E-state index is -5.23. The fourth-order valence-corrected chi connectivity index (χ4v) is 0.0671. The summed E-state index contributed by atoms with van der Waals surface area (Å²) in [5.74, 6) is 2.36. The van der Waals surface area contributed by atoms with Crippen LogP contribution >= 0.6 is 48.3 Å². The Kier molecular flexibility index (Phi) is 1.69. The molecule has 2 nitrogen and oxygen atoms in total. The first-order chi connectivity index (χ1) is 3.62. The standard InChI is InChI=1S/C2Cl4N2P/c3-9(4,5,6,1-7)2-8/q-1. The molecule has 0 amide bonds. The Hall–Kier alpha value is 0.570. The van der Waals surface area contributed by atoms with E-state index in [9.17, 15) is 0 Å². The third kappa shape index (κ3) is 3.31. The van der Waals surface area contributed by atoms with Gasteiger partial charge < -0.3 is 0 Å². The Balaban J connectivity index is 5.30. The molecule has 9 heavy (non-hydrogen) atoms. The van der Waals surface area contributed by atoms with Crippen LogP contribution in [0.2, 0.25) is 0 Å². The van der Waals surface area contributed by atoms with Gasteiger partial charge in [0.2, 0.25) is 0 Å². The van der Waals surface area contributed by atoms with E-state index in [0.29, 0.717) is 0 Å². The summed E-state index contributed by atoms with van der Waals surface area (Å²) in [6, 6.07) is 0. The van der Waals surface area contributed by atoms with Crippen molar-refractivity contribution in [1.82, 2.24) is 0 Å². The zero-order valence-electron chi connectivity index (χ0n) is 3.85. The van der Waals surface area contributed by atoms with Gasteiger partial charge in [0, 0.05) is 0 Å². The van der Waals surface area contributed by atoms with E-state index in [2.05, 4.69) is 0 Å². The van der Waals surface area contributed by atoms with Gasteiger partial charge in [0.1, 0.15) is 0 Å². The molecule has 0 aliphatic carbocycles. The van der Waals surface area contributed by atoms with Crippen LogP contribution in [0.15, 0.2) is 0 Å². The Labute approximate surface area is 70.5 Å². The van der Waals surface area contributed by atoms with E-state index >= 15 is 0 Å². The molecule has 0 bridgehead atoms. The van der Waals surface area contributed by atoms with Crippen LogP contribution in [0.3, 0.4) is 0 Å². The molecule has 0 unspecified atom stereocenters. The van der Waals surface area contributed by atoms with Crippen molar-refractivity contribution in [3.8, 4) is 11.6 Å². The van der Waals surface area contributed by atoms with E-state index in [1.165, 1.54) is 11.6 Å². The van der Waals surface area contributed by atoms with Crippen LogP contribution < -0.4 is 0 Å². The van der Waals surface area contributed by atoms with Gasteiger partial charge in [-0.25, -0.2) is 0 Å². The fraction of sp³-hybridized carbons (Fsp3) is 0. The molecule has 0 atom stereocenters. The van der Waals surface area contributed by atoms with E-state index < -0.39 is 3.36 Å². The molecule has 52 valence electrons. The van der Waals surface area contributed by atoms with Crippen LogP contribution in [-0.2, 0) is 0 Å². The molecule has 0 fully saturated rings. The Morgan fingerprint density at radius 1 is 0.889 bits per heavy atom. The van der Waals surface area contributed by atoms with Crippen LogP contribution in [0, 0.1) is 22.1 Å². The van der Waals surface area contributed by atoms with E-state index in [0.717, 1.165) is 0 Å². The summed E-state index contributed by atoms with van der Waals surface area (Å²) >= 11 is 20.5. The summed E-state index contributed by atoms with van der Waals surface area (Å²) < 4.78 is -5.23. The second kappa shape index (κ2) is 1.59. The normalized spacial score (nSPS) is 18.4. The van der Waals surface area contributed by atoms with Crippen LogP contribution in [0.1, 0.15) is 0 Å². The van der Waals surface area contributed by atoms with E-state index in [-0.39, 0.29) is 0 Å².